The Morgan fingerprint density at radius 3 is 1.75 bits per heavy atom. The molecule has 0 saturated carbocycles. The molecule has 0 aliphatic carbocycles. The van der Waals surface area contributed by atoms with Gasteiger partial charge in [-0.3, -0.25) is 0 Å². The van der Waals surface area contributed by atoms with Crippen LogP contribution in [0.25, 0.3) is 0 Å². The third-order valence-corrected chi connectivity index (χ3v) is 4.65. The van der Waals surface area contributed by atoms with E-state index in [2.05, 4.69) is 0 Å². The molecule has 0 N–H and O–H groups in total. The zero-order valence-corrected chi connectivity index (χ0v) is 11.1. The molecular weight excluding hydrogens is 215 g/mol. The van der Waals surface area contributed by atoms with Gasteiger partial charge in [-0.05, 0) is 6.42 Å². The molecule has 1 unspecified atom stereocenters. The minimum atomic E-state index is -2.32. The van der Waals surface area contributed by atoms with Crippen molar-refractivity contribution in [2.45, 2.75) is 12.5 Å². The van der Waals surface area contributed by atoms with Crippen molar-refractivity contribution in [3.05, 3.63) is 0 Å². The zero-order valence-electron chi connectivity index (χ0n) is 7.93. The van der Waals surface area contributed by atoms with Gasteiger partial charge in [0.2, 0.25) is 0 Å². The van der Waals surface area contributed by atoms with Crippen molar-refractivity contribution in [1.82, 2.24) is 0 Å². The van der Waals surface area contributed by atoms with E-state index in [-0.39, 0.29) is 9.90 Å². The Morgan fingerprint density at radius 1 is 1.08 bits per heavy atom. The van der Waals surface area contributed by atoms with Crippen molar-refractivity contribution in [2.75, 3.05) is 27.2 Å². The van der Waals surface area contributed by atoms with E-state index in [1.165, 1.54) is 0 Å². The van der Waals surface area contributed by atoms with E-state index in [1.807, 2.05) is 0 Å². The highest BCUT2D eigenvalue weighted by atomic mass is 35.5. The summed E-state index contributed by atoms with van der Waals surface area (Å²) in [4.78, 5) is 0. The van der Waals surface area contributed by atoms with E-state index >= 15 is 0 Å². The van der Waals surface area contributed by atoms with Gasteiger partial charge >= 0.3 is 8.80 Å². The first-order chi connectivity index (χ1) is 5.24. The third-order valence-electron chi connectivity index (χ3n) is 1.55. The first-order valence-corrected chi connectivity index (χ1v) is 5.92. The van der Waals surface area contributed by atoms with Gasteiger partial charge in [0, 0.05) is 33.3 Å². The quantitative estimate of drug-likeness (QED) is 0.395. The molecule has 0 aliphatic heterocycles. The molecule has 0 heterocycles. The summed E-state index contributed by atoms with van der Waals surface area (Å²) in [6, 6.07) is 0.778. The van der Waals surface area contributed by atoms with Crippen LogP contribution in [-0.2, 0) is 13.3 Å². The lowest BCUT2D eigenvalue weighted by Gasteiger charge is -2.23. The van der Waals surface area contributed by atoms with Crippen LogP contribution in [0.5, 0.6) is 0 Å². The molecular formula is C6H18ClO3PSi. The molecule has 0 spiro atoms. The predicted octanol–water partition coefficient (Wildman–Crippen LogP) is 1.55. The van der Waals surface area contributed by atoms with Gasteiger partial charge in [-0.25, -0.2) is 0 Å². The first-order valence-electron chi connectivity index (χ1n) is 3.46. The summed E-state index contributed by atoms with van der Waals surface area (Å²) in [6.07, 6.45) is 0.864. The van der Waals surface area contributed by atoms with Crippen LogP contribution in [0.15, 0.2) is 0 Å². The highest BCUT2D eigenvalue weighted by molar-refractivity contribution is 6.92. The smallest absolute Gasteiger partial charge is 0.377 e. The fourth-order valence-electron chi connectivity index (χ4n) is 0.840. The van der Waals surface area contributed by atoms with Gasteiger partial charge < -0.3 is 13.3 Å². The van der Waals surface area contributed by atoms with Crippen LogP contribution in [0.2, 0.25) is 6.04 Å². The van der Waals surface area contributed by atoms with E-state index in [1.54, 1.807) is 21.3 Å². The molecule has 0 aromatic heterocycles. The van der Waals surface area contributed by atoms with Crippen molar-refractivity contribution >= 4 is 30.3 Å². The molecule has 0 aromatic carbocycles. The molecule has 0 aliphatic rings. The van der Waals surface area contributed by atoms with Crippen molar-refractivity contribution in [1.29, 1.82) is 0 Å². The summed E-state index contributed by atoms with van der Waals surface area (Å²) in [5.41, 5.74) is 0. The van der Waals surface area contributed by atoms with Gasteiger partial charge in [0.1, 0.15) is 0 Å². The Balaban J connectivity index is 0. The van der Waals surface area contributed by atoms with Gasteiger partial charge in [-0.15, -0.1) is 11.6 Å². The lowest BCUT2D eigenvalue weighted by molar-refractivity contribution is 0.123. The first kappa shape index (κ1) is 15.3. The monoisotopic (exact) mass is 232 g/mol. The highest BCUT2D eigenvalue weighted by Crippen LogP contribution is 2.14. The maximum atomic E-state index is 5.53. The van der Waals surface area contributed by atoms with Crippen molar-refractivity contribution in [3.63, 3.8) is 0 Å². The van der Waals surface area contributed by atoms with E-state index in [4.69, 9.17) is 24.9 Å². The molecule has 0 bridgehead atoms. The van der Waals surface area contributed by atoms with Crippen LogP contribution in [0.1, 0.15) is 6.42 Å². The highest BCUT2D eigenvalue weighted by Gasteiger charge is 2.36. The number of hydrogen-bond acceptors (Lipinski definition) is 3. The maximum absolute atomic E-state index is 5.53. The van der Waals surface area contributed by atoms with Crippen LogP contribution in [0, 0.1) is 0 Å². The maximum Gasteiger partial charge on any atom is 0.500 e. The zero-order chi connectivity index (χ0) is 8.74. The molecule has 0 rings (SSSR count). The topological polar surface area (TPSA) is 27.7 Å². The second-order valence-electron chi connectivity index (χ2n) is 2.09. The fraction of sp³-hybridized carbons (Fsp3) is 1.00. The fourth-order valence-corrected chi connectivity index (χ4v) is 2.92. The van der Waals surface area contributed by atoms with E-state index in [0.717, 1.165) is 12.5 Å². The summed E-state index contributed by atoms with van der Waals surface area (Å²) in [5.74, 6) is 0.616. The average molecular weight is 233 g/mol. The molecule has 0 fully saturated rings. The van der Waals surface area contributed by atoms with E-state index in [9.17, 15) is 0 Å². The number of rotatable bonds is 6. The number of hydrogen-bond donors (Lipinski definition) is 0. The van der Waals surface area contributed by atoms with Crippen molar-refractivity contribution in [2.24, 2.45) is 0 Å². The summed E-state index contributed by atoms with van der Waals surface area (Å²) < 4.78 is 15.5. The van der Waals surface area contributed by atoms with Gasteiger partial charge in [-0.2, -0.15) is 9.90 Å². The predicted molar refractivity (Wildman–Crippen MR) is 58.0 cm³/mol. The summed E-state index contributed by atoms with van der Waals surface area (Å²) in [6.45, 7) is 0. The van der Waals surface area contributed by atoms with Gasteiger partial charge in [0.05, 0.1) is 0 Å². The molecule has 0 radical (unpaired) electrons. The molecule has 3 nitrogen and oxygen atoms in total. The standard InChI is InChI=1S/C6H15ClO3Si.H3P/c1-8-11(9-2,10-3)6-4-5-7;/h4-6H2,1-3H3;1H3. The van der Waals surface area contributed by atoms with Gasteiger partial charge in [0.25, 0.3) is 0 Å². The second kappa shape index (κ2) is 8.42. The summed E-state index contributed by atoms with van der Waals surface area (Å²) in [7, 11) is 2.49. The van der Waals surface area contributed by atoms with Crippen molar-refractivity contribution < 1.29 is 13.3 Å². The molecule has 6 heteroatoms. The van der Waals surface area contributed by atoms with Crippen LogP contribution in [0.3, 0.4) is 0 Å². The lowest BCUT2D eigenvalue weighted by atomic mass is 10.6. The minimum absolute atomic E-state index is 0. The Bertz CT molecular complexity index is 94.5. The largest absolute Gasteiger partial charge is 0.500 e. The lowest BCUT2D eigenvalue weighted by Crippen LogP contribution is -2.42. The SMILES string of the molecule is CO[Si](CCCCl)(OC)OC.P. The van der Waals surface area contributed by atoms with Gasteiger partial charge in [0.15, 0.2) is 0 Å². The molecule has 12 heavy (non-hydrogen) atoms. The van der Waals surface area contributed by atoms with Crippen LogP contribution in [0.4, 0.5) is 0 Å². The molecule has 0 saturated heterocycles. The Morgan fingerprint density at radius 2 is 1.50 bits per heavy atom. The second-order valence-corrected chi connectivity index (χ2v) is 5.56. The van der Waals surface area contributed by atoms with E-state index in [0.29, 0.717) is 5.88 Å². The van der Waals surface area contributed by atoms with Crippen molar-refractivity contribution in [3.8, 4) is 0 Å². The molecule has 0 amide bonds. The van der Waals surface area contributed by atoms with Crippen LogP contribution >= 0.6 is 21.5 Å². The third kappa shape index (κ3) is 4.75. The molecule has 0 aromatic rings. The molecule has 76 valence electrons. The Hall–Kier alpha value is 0.817. The van der Waals surface area contributed by atoms with Gasteiger partial charge in [-0.1, -0.05) is 0 Å². The summed E-state index contributed by atoms with van der Waals surface area (Å²) in [5, 5.41) is 0. The average Bonchev–Trinajstić information content (AvgIpc) is 2.08. The Kier molecular flexibility index (Phi) is 10.7. The van der Waals surface area contributed by atoms with Crippen LogP contribution in [-0.4, -0.2) is 36.0 Å². The van der Waals surface area contributed by atoms with E-state index < -0.39 is 8.80 Å². The number of alkyl halides is 1. The summed E-state index contributed by atoms with van der Waals surface area (Å²) >= 11 is 5.53. The normalized spacial score (nSPS) is 11.0. The minimum Gasteiger partial charge on any atom is -0.377 e. The Labute approximate surface area is 83.7 Å². The van der Waals surface area contributed by atoms with Crippen LogP contribution < -0.4 is 0 Å². The molecule has 1 atom stereocenters. The number of halogens is 1.